The lowest BCUT2D eigenvalue weighted by molar-refractivity contribution is 0.0179. The highest BCUT2D eigenvalue weighted by Crippen LogP contribution is 2.27. The van der Waals surface area contributed by atoms with Crippen molar-refractivity contribution in [2.75, 3.05) is 53.2 Å². The van der Waals surface area contributed by atoms with Gasteiger partial charge in [0, 0.05) is 31.6 Å². The third-order valence-corrected chi connectivity index (χ3v) is 7.22. The van der Waals surface area contributed by atoms with Gasteiger partial charge in [0.2, 0.25) is 10.0 Å². The van der Waals surface area contributed by atoms with Gasteiger partial charge in [0.15, 0.2) is 0 Å². The van der Waals surface area contributed by atoms with E-state index >= 15 is 0 Å². The van der Waals surface area contributed by atoms with Crippen LogP contribution in [0.25, 0.3) is 0 Å². The molecule has 0 spiro atoms. The summed E-state index contributed by atoms with van der Waals surface area (Å²) in [6.07, 6.45) is 0. The molecule has 0 aliphatic carbocycles. The summed E-state index contributed by atoms with van der Waals surface area (Å²) < 4.78 is 44.6. The van der Waals surface area contributed by atoms with Crippen LogP contribution in [-0.4, -0.2) is 66.5 Å². The van der Waals surface area contributed by atoms with E-state index in [1.54, 1.807) is 36.6 Å². The fraction of sp³-hybridized carbons (Fsp3) is 0.500. The minimum Gasteiger partial charge on any atom is -0.491 e. The molecular weight excluding hydrogens is 412 g/mol. The average molecular weight is 441 g/mol. The maximum absolute atomic E-state index is 12.9. The van der Waals surface area contributed by atoms with Crippen molar-refractivity contribution in [1.82, 2.24) is 9.62 Å². The summed E-state index contributed by atoms with van der Waals surface area (Å²) in [5.41, 5.74) is 0.770. The molecule has 0 radical (unpaired) electrons. The standard InChI is InChI=1S/C20H28N2O5S2/c1-16-14-17(5-6-19(16)27-12-11-25-2)29(23,24)21-15-18(20-4-3-13-28-20)22-7-9-26-10-8-22/h3-6,13-14,18,21H,7-12,15H2,1-2H3. The fourth-order valence-corrected chi connectivity index (χ4v) is 5.22. The third-order valence-electron chi connectivity index (χ3n) is 4.83. The van der Waals surface area contributed by atoms with Crippen molar-refractivity contribution >= 4 is 21.4 Å². The van der Waals surface area contributed by atoms with Gasteiger partial charge in [-0.1, -0.05) is 6.07 Å². The van der Waals surface area contributed by atoms with Crippen molar-refractivity contribution in [3.8, 4) is 5.75 Å². The topological polar surface area (TPSA) is 77.1 Å². The number of ether oxygens (including phenoxy) is 3. The number of nitrogens with zero attached hydrogens (tertiary/aromatic N) is 1. The van der Waals surface area contributed by atoms with Crippen molar-refractivity contribution in [2.24, 2.45) is 0 Å². The molecule has 0 amide bonds. The molecule has 7 nitrogen and oxygen atoms in total. The largest absolute Gasteiger partial charge is 0.491 e. The van der Waals surface area contributed by atoms with Gasteiger partial charge >= 0.3 is 0 Å². The molecule has 9 heteroatoms. The first-order valence-electron chi connectivity index (χ1n) is 9.58. The second-order valence-electron chi connectivity index (χ2n) is 6.80. The second-order valence-corrected chi connectivity index (χ2v) is 9.55. The summed E-state index contributed by atoms with van der Waals surface area (Å²) in [5, 5.41) is 2.02. The van der Waals surface area contributed by atoms with E-state index in [1.165, 1.54) is 0 Å². The van der Waals surface area contributed by atoms with Gasteiger partial charge in [-0.2, -0.15) is 0 Å². The Morgan fingerprint density at radius 3 is 2.69 bits per heavy atom. The van der Waals surface area contributed by atoms with E-state index in [0.717, 1.165) is 23.5 Å². The molecule has 1 aromatic heterocycles. The Balaban J connectivity index is 1.69. The molecule has 1 saturated heterocycles. The summed E-state index contributed by atoms with van der Waals surface area (Å²) in [6, 6.07) is 8.94. The molecule has 1 aliphatic heterocycles. The number of rotatable bonds is 10. The van der Waals surface area contributed by atoms with E-state index in [1.807, 2.05) is 18.4 Å². The zero-order chi connectivity index (χ0) is 20.7. The monoisotopic (exact) mass is 440 g/mol. The van der Waals surface area contributed by atoms with E-state index in [-0.39, 0.29) is 10.9 Å². The van der Waals surface area contributed by atoms with Crippen LogP contribution >= 0.6 is 11.3 Å². The first-order chi connectivity index (χ1) is 14.0. The van der Waals surface area contributed by atoms with Crippen LogP contribution in [0.15, 0.2) is 40.6 Å². The number of hydrogen-bond acceptors (Lipinski definition) is 7. The molecule has 29 heavy (non-hydrogen) atoms. The first kappa shape index (κ1) is 22.2. The van der Waals surface area contributed by atoms with Crippen molar-refractivity contribution in [2.45, 2.75) is 17.9 Å². The molecule has 1 N–H and O–H groups in total. The summed E-state index contributed by atoms with van der Waals surface area (Å²) in [6.45, 7) is 5.96. The minimum absolute atomic E-state index is 0.00794. The van der Waals surface area contributed by atoms with Crippen LogP contribution in [-0.2, 0) is 19.5 Å². The Bertz CT molecular complexity index is 865. The summed E-state index contributed by atoms with van der Waals surface area (Å²) in [4.78, 5) is 3.66. The van der Waals surface area contributed by atoms with Gasteiger partial charge in [-0.25, -0.2) is 13.1 Å². The van der Waals surface area contributed by atoms with E-state index in [4.69, 9.17) is 14.2 Å². The summed E-state index contributed by atoms with van der Waals surface area (Å²) in [7, 11) is -2.02. The summed E-state index contributed by atoms with van der Waals surface area (Å²) in [5.74, 6) is 0.658. The fourth-order valence-electron chi connectivity index (χ4n) is 3.24. The number of nitrogens with one attached hydrogen (secondary N) is 1. The lowest BCUT2D eigenvalue weighted by atomic mass is 10.2. The van der Waals surface area contributed by atoms with Crippen LogP contribution in [0.1, 0.15) is 16.5 Å². The predicted octanol–water partition coefficient (Wildman–Crippen LogP) is 2.43. The highest BCUT2D eigenvalue weighted by atomic mass is 32.2. The number of sulfonamides is 1. The molecule has 2 aromatic rings. The molecule has 1 aliphatic rings. The van der Waals surface area contributed by atoms with Crippen molar-refractivity contribution in [1.29, 1.82) is 0 Å². The van der Waals surface area contributed by atoms with Crippen LogP contribution in [0.5, 0.6) is 5.75 Å². The van der Waals surface area contributed by atoms with Crippen molar-refractivity contribution in [3.05, 3.63) is 46.2 Å². The number of thiophene rings is 1. The maximum Gasteiger partial charge on any atom is 0.240 e. The van der Waals surface area contributed by atoms with Gasteiger partial charge in [-0.3, -0.25) is 4.90 Å². The molecule has 1 atom stereocenters. The second kappa shape index (κ2) is 10.5. The Kier molecular flexibility index (Phi) is 8.05. The smallest absolute Gasteiger partial charge is 0.240 e. The average Bonchev–Trinajstić information content (AvgIpc) is 3.25. The molecule has 0 bridgehead atoms. The van der Waals surface area contributed by atoms with Crippen molar-refractivity contribution < 1.29 is 22.6 Å². The number of hydrogen-bond donors (Lipinski definition) is 1. The first-order valence-corrected chi connectivity index (χ1v) is 11.9. The van der Waals surface area contributed by atoms with Crippen LogP contribution in [0.3, 0.4) is 0 Å². The molecule has 1 fully saturated rings. The van der Waals surface area contributed by atoms with Gasteiger partial charge in [-0.05, 0) is 42.1 Å². The normalized spacial score (nSPS) is 16.6. The quantitative estimate of drug-likeness (QED) is 0.572. The number of methoxy groups -OCH3 is 1. The van der Waals surface area contributed by atoms with Crippen LogP contribution < -0.4 is 9.46 Å². The van der Waals surface area contributed by atoms with Crippen molar-refractivity contribution in [3.63, 3.8) is 0 Å². The Morgan fingerprint density at radius 2 is 2.03 bits per heavy atom. The molecule has 1 aromatic carbocycles. The highest BCUT2D eigenvalue weighted by molar-refractivity contribution is 7.89. The minimum atomic E-state index is -3.63. The van der Waals surface area contributed by atoms with E-state index in [9.17, 15) is 8.42 Å². The number of morpholine rings is 1. The molecule has 3 rings (SSSR count). The predicted molar refractivity (Wildman–Crippen MR) is 113 cm³/mol. The number of benzene rings is 1. The molecule has 1 unspecified atom stereocenters. The van der Waals surface area contributed by atoms with Gasteiger partial charge in [-0.15, -0.1) is 11.3 Å². The zero-order valence-corrected chi connectivity index (χ0v) is 18.4. The molecule has 160 valence electrons. The lowest BCUT2D eigenvalue weighted by Gasteiger charge is -2.34. The maximum atomic E-state index is 12.9. The zero-order valence-electron chi connectivity index (χ0n) is 16.8. The van der Waals surface area contributed by atoms with Gasteiger partial charge in [0.25, 0.3) is 0 Å². The highest BCUT2D eigenvalue weighted by Gasteiger charge is 2.26. The SMILES string of the molecule is COCCOc1ccc(S(=O)(=O)NCC(c2cccs2)N2CCOCC2)cc1C. The van der Waals surface area contributed by atoms with Crippen LogP contribution in [0.4, 0.5) is 0 Å². The van der Waals surface area contributed by atoms with E-state index in [0.29, 0.717) is 38.7 Å². The lowest BCUT2D eigenvalue weighted by Crippen LogP contribution is -2.43. The Labute approximate surface area is 176 Å². The summed E-state index contributed by atoms with van der Waals surface area (Å²) >= 11 is 1.64. The van der Waals surface area contributed by atoms with Gasteiger partial charge in [0.1, 0.15) is 12.4 Å². The van der Waals surface area contributed by atoms with E-state index < -0.39 is 10.0 Å². The third kappa shape index (κ3) is 6.00. The van der Waals surface area contributed by atoms with Crippen LogP contribution in [0.2, 0.25) is 0 Å². The molecule has 2 heterocycles. The van der Waals surface area contributed by atoms with Gasteiger partial charge in [0.05, 0.1) is 30.8 Å². The molecular formula is C20H28N2O5S2. The number of aryl methyl sites for hydroxylation is 1. The van der Waals surface area contributed by atoms with Crippen LogP contribution in [0, 0.1) is 6.92 Å². The van der Waals surface area contributed by atoms with Gasteiger partial charge < -0.3 is 14.2 Å². The van der Waals surface area contributed by atoms with E-state index in [2.05, 4.69) is 15.7 Å². The molecule has 0 saturated carbocycles. The Hall–Kier alpha value is -1.49. The Morgan fingerprint density at radius 1 is 1.24 bits per heavy atom.